The summed E-state index contributed by atoms with van der Waals surface area (Å²) in [6, 6.07) is 22.9. The normalized spacial score (nSPS) is 11.1. The molecule has 0 aliphatic rings. The predicted molar refractivity (Wildman–Crippen MR) is 128 cm³/mol. The third-order valence-corrected chi connectivity index (χ3v) is 6.65. The fraction of sp³-hybridized carbons (Fsp3) is 0.0870. The van der Waals surface area contributed by atoms with E-state index >= 15 is 0 Å². The van der Waals surface area contributed by atoms with Gasteiger partial charge in [0.1, 0.15) is 12.4 Å². The number of halogens is 1. The first kappa shape index (κ1) is 21.4. The Balaban J connectivity index is 1.29. The number of hydrogen-bond acceptors (Lipinski definition) is 6. The van der Waals surface area contributed by atoms with Gasteiger partial charge in [-0.15, -0.1) is 11.3 Å². The number of thiazole rings is 1. The van der Waals surface area contributed by atoms with Gasteiger partial charge in [-0.3, -0.25) is 4.79 Å². The largest absolute Gasteiger partial charge is 0.488 e. The number of aromatic nitrogens is 1. The van der Waals surface area contributed by atoms with E-state index in [1.807, 2.05) is 72.8 Å². The van der Waals surface area contributed by atoms with Crippen molar-refractivity contribution in [3.8, 4) is 5.75 Å². The lowest BCUT2D eigenvalue weighted by atomic mass is 10.2. The van der Waals surface area contributed by atoms with Gasteiger partial charge in [0.2, 0.25) is 0 Å². The number of thioether (sulfide) groups is 1. The standard InChI is InChI=1S/C23H18ClN3O2S2/c24-18-11-9-16(10-12-18)14-29-20-7-3-1-5-17(20)13-25-27-22(28)15-30-23-26-19-6-2-4-8-21(19)31-23/h1-13H,14-15H2,(H,27,28)/b25-13-. The average molecular weight is 468 g/mol. The van der Waals surface area contributed by atoms with Gasteiger partial charge in [0, 0.05) is 10.6 Å². The van der Waals surface area contributed by atoms with Crippen LogP contribution >= 0.6 is 34.7 Å². The number of carbonyl (C=O) groups excluding carboxylic acids is 1. The molecule has 0 aliphatic carbocycles. The summed E-state index contributed by atoms with van der Waals surface area (Å²) in [4.78, 5) is 16.6. The molecule has 5 nitrogen and oxygen atoms in total. The van der Waals surface area contributed by atoms with Crippen LogP contribution in [-0.2, 0) is 11.4 Å². The molecule has 1 amide bonds. The number of benzene rings is 3. The van der Waals surface area contributed by atoms with Crippen molar-refractivity contribution in [3.05, 3.63) is 88.9 Å². The molecule has 4 aromatic rings. The Hall–Kier alpha value is -2.87. The molecule has 0 atom stereocenters. The molecule has 0 saturated heterocycles. The first-order valence-electron chi connectivity index (χ1n) is 9.44. The Kier molecular flexibility index (Phi) is 7.19. The molecule has 1 heterocycles. The number of ether oxygens (including phenoxy) is 1. The highest BCUT2D eigenvalue weighted by Crippen LogP contribution is 2.29. The van der Waals surface area contributed by atoms with Crippen LogP contribution in [0, 0.1) is 0 Å². The van der Waals surface area contributed by atoms with Gasteiger partial charge >= 0.3 is 0 Å². The van der Waals surface area contributed by atoms with Crippen LogP contribution in [0.15, 0.2) is 82.2 Å². The van der Waals surface area contributed by atoms with Crippen molar-refractivity contribution >= 4 is 57.0 Å². The van der Waals surface area contributed by atoms with Crippen LogP contribution in [0.25, 0.3) is 10.2 Å². The molecule has 0 fully saturated rings. The zero-order chi connectivity index (χ0) is 21.5. The number of amides is 1. The quantitative estimate of drug-likeness (QED) is 0.203. The van der Waals surface area contributed by atoms with Gasteiger partial charge < -0.3 is 4.74 Å². The zero-order valence-electron chi connectivity index (χ0n) is 16.3. The predicted octanol–water partition coefficient (Wildman–Crippen LogP) is 5.77. The maximum atomic E-state index is 12.1. The van der Waals surface area contributed by atoms with Crippen LogP contribution in [0.1, 0.15) is 11.1 Å². The highest BCUT2D eigenvalue weighted by atomic mass is 35.5. The van der Waals surface area contributed by atoms with Gasteiger partial charge in [-0.1, -0.05) is 59.8 Å². The fourth-order valence-corrected chi connectivity index (χ4v) is 4.69. The molecule has 1 N–H and O–H groups in total. The maximum absolute atomic E-state index is 12.1. The summed E-state index contributed by atoms with van der Waals surface area (Å²) < 4.78 is 7.87. The van der Waals surface area contributed by atoms with E-state index in [1.54, 1.807) is 17.6 Å². The average Bonchev–Trinajstić information content (AvgIpc) is 3.21. The lowest BCUT2D eigenvalue weighted by molar-refractivity contribution is -0.118. The fourth-order valence-electron chi connectivity index (χ4n) is 2.71. The molecule has 4 rings (SSSR count). The van der Waals surface area contributed by atoms with Gasteiger partial charge in [-0.25, -0.2) is 10.4 Å². The van der Waals surface area contributed by atoms with Crippen molar-refractivity contribution in [2.24, 2.45) is 5.10 Å². The van der Waals surface area contributed by atoms with Gasteiger partial charge in [0.25, 0.3) is 5.91 Å². The highest BCUT2D eigenvalue weighted by Gasteiger charge is 2.07. The van der Waals surface area contributed by atoms with Crippen LogP contribution < -0.4 is 10.2 Å². The van der Waals surface area contributed by atoms with E-state index in [9.17, 15) is 4.79 Å². The van der Waals surface area contributed by atoms with Crippen molar-refractivity contribution < 1.29 is 9.53 Å². The molecule has 0 saturated carbocycles. The molecular formula is C23H18ClN3O2S2. The van der Waals surface area contributed by atoms with E-state index in [0.29, 0.717) is 17.4 Å². The van der Waals surface area contributed by atoms with E-state index in [1.165, 1.54) is 11.8 Å². The van der Waals surface area contributed by atoms with Crippen molar-refractivity contribution in [3.63, 3.8) is 0 Å². The Labute approximate surface area is 193 Å². The Morgan fingerprint density at radius 3 is 2.71 bits per heavy atom. The molecule has 0 aliphatic heterocycles. The number of hydrazone groups is 1. The monoisotopic (exact) mass is 467 g/mol. The number of nitrogens with one attached hydrogen (secondary N) is 1. The van der Waals surface area contributed by atoms with E-state index < -0.39 is 0 Å². The number of hydrogen-bond donors (Lipinski definition) is 1. The molecule has 1 aromatic heterocycles. The van der Waals surface area contributed by atoms with Crippen molar-refractivity contribution in [1.82, 2.24) is 10.4 Å². The maximum Gasteiger partial charge on any atom is 0.250 e. The molecule has 3 aromatic carbocycles. The molecular weight excluding hydrogens is 450 g/mol. The van der Waals surface area contributed by atoms with E-state index in [0.717, 1.165) is 25.7 Å². The summed E-state index contributed by atoms with van der Waals surface area (Å²) >= 11 is 8.89. The van der Waals surface area contributed by atoms with Crippen LogP contribution in [0.5, 0.6) is 5.75 Å². The van der Waals surface area contributed by atoms with Crippen molar-refractivity contribution in [1.29, 1.82) is 0 Å². The van der Waals surface area contributed by atoms with Crippen LogP contribution in [-0.4, -0.2) is 22.9 Å². The summed E-state index contributed by atoms with van der Waals surface area (Å²) in [6.07, 6.45) is 1.58. The van der Waals surface area contributed by atoms with Gasteiger partial charge in [-0.2, -0.15) is 5.10 Å². The van der Waals surface area contributed by atoms with Crippen LogP contribution in [0.3, 0.4) is 0 Å². The summed E-state index contributed by atoms with van der Waals surface area (Å²) in [5.74, 6) is 0.727. The third-order valence-electron chi connectivity index (χ3n) is 4.22. The first-order chi connectivity index (χ1) is 15.2. The lowest BCUT2D eigenvalue weighted by Crippen LogP contribution is -2.19. The topological polar surface area (TPSA) is 63.6 Å². The number of rotatable bonds is 8. The minimum absolute atomic E-state index is 0.194. The summed E-state index contributed by atoms with van der Waals surface area (Å²) in [5, 5.41) is 4.76. The minimum Gasteiger partial charge on any atom is -0.488 e. The summed E-state index contributed by atoms with van der Waals surface area (Å²) in [7, 11) is 0. The SMILES string of the molecule is O=C(CSc1nc2ccccc2s1)N/N=C\c1ccccc1OCc1ccc(Cl)cc1. The number of carbonyl (C=O) groups is 1. The van der Waals surface area contributed by atoms with Gasteiger partial charge in [-0.05, 0) is 42.0 Å². The molecule has 0 unspecified atom stereocenters. The van der Waals surface area contributed by atoms with E-state index in [2.05, 4.69) is 15.5 Å². The number of nitrogens with zero attached hydrogens (tertiary/aromatic N) is 2. The van der Waals surface area contributed by atoms with Crippen molar-refractivity contribution in [2.45, 2.75) is 10.9 Å². The minimum atomic E-state index is -0.194. The smallest absolute Gasteiger partial charge is 0.250 e. The highest BCUT2D eigenvalue weighted by molar-refractivity contribution is 8.01. The molecule has 156 valence electrons. The lowest BCUT2D eigenvalue weighted by Gasteiger charge is -2.09. The molecule has 0 bridgehead atoms. The van der Waals surface area contributed by atoms with Gasteiger partial charge in [0.05, 0.1) is 22.2 Å². The number of para-hydroxylation sites is 2. The second-order valence-corrected chi connectivity index (χ2v) is 9.17. The Morgan fingerprint density at radius 1 is 1.10 bits per heavy atom. The van der Waals surface area contributed by atoms with Crippen molar-refractivity contribution in [2.75, 3.05) is 5.75 Å². The summed E-state index contributed by atoms with van der Waals surface area (Å²) in [5.41, 5.74) is 5.29. The zero-order valence-corrected chi connectivity index (χ0v) is 18.7. The Morgan fingerprint density at radius 2 is 1.87 bits per heavy atom. The Bertz CT molecular complexity index is 1180. The molecule has 0 radical (unpaired) electrons. The molecule has 31 heavy (non-hydrogen) atoms. The second kappa shape index (κ2) is 10.4. The second-order valence-electron chi connectivity index (χ2n) is 6.48. The van der Waals surface area contributed by atoms with Crippen LogP contribution in [0.2, 0.25) is 5.02 Å². The van der Waals surface area contributed by atoms with E-state index in [-0.39, 0.29) is 11.7 Å². The van der Waals surface area contributed by atoms with Crippen LogP contribution in [0.4, 0.5) is 0 Å². The van der Waals surface area contributed by atoms with E-state index in [4.69, 9.17) is 16.3 Å². The first-order valence-corrected chi connectivity index (χ1v) is 11.6. The third kappa shape index (κ3) is 6.07. The summed E-state index contributed by atoms with van der Waals surface area (Å²) in [6.45, 7) is 0.410. The number of fused-ring (bicyclic) bond motifs is 1. The molecule has 0 spiro atoms. The van der Waals surface area contributed by atoms with Gasteiger partial charge in [0.15, 0.2) is 4.34 Å². The molecule has 8 heteroatoms.